The van der Waals surface area contributed by atoms with Crippen molar-refractivity contribution in [3.05, 3.63) is 64.3 Å². The Balaban J connectivity index is 1.66. The van der Waals surface area contributed by atoms with Crippen LogP contribution in [0.1, 0.15) is 11.5 Å². The van der Waals surface area contributed by atoms with Gasteiger partial charge in [-0.1, -0.05) is 15.9 Å². The second kappa shape index (κ2) is 6.79. The molecule has 6 nitrogen and oxygen atoms in total. The molecule has 1 atom stereocenters. The van der Waals surface area contributed by atoms with Crippen LogP contribution in [0.5, 0.6) is 5.75 Å². The van der Waals surface area contributed by atoms with Gasteiger partial charge in [-0.3, -0.25) is 14.5 Å². The van der Waals surface area contributed by atoms with Gasteiger partial charge in [-0.05, 0) is 66.3 Å². The number of methoxy groups -OCH3 is 1. The lowest BCUT2D eigenvalue weighted by Crippen LogP contribution is -2.30. The minimum Gasteiger partial charge on any atom is -0.497 e. The van der Waals surface area contributed by atoms with Gasteiger partial charge in [0.1, 0.15) is 11.4 Å². The van der Waals surface area contributed by atoms with E-state index in [0.717, 1.165) is 15.7 Å². The van der Waals surface area contributed by atoms with Crippen LogP contribution in [0.3, 0.4) is 0 Å². The fourth-order valence-corrected chi connectivity index (χ4v) is 3.78. The predicted molar refractivity (Wildman–Crippen MR) is 110 cm³/mol. The van der Waals surface area contributed by atoms with E-state index in [1.54, 1.807) is 37.5 Å². The summed E-state index contributed by atoms with van der Waals surface area (Å²) in [5.41, 5.74) is 2.46. The molecule has 2 N–H and O–H groups in total. The molecule has 27 heavy (non-hydrogen) atoms. The summed E-state index contributed by atoms with van der Waals surface area (Å²) in [5, 5.41) is 6.01. The summed E-state index contributed by atoms with van der Waals surface area (Å²) < 4.78 is 6.00. The van der Waals surface area contributed by atoms with Crippen molar-refractivity contribution in [2.45, 2.75) is 5.92 Å². The molecule has 1 unspecified atom stereocenters. The van der Waals surface area contributed by atoms with Crippen LogP contribution in [0.15, 0.2) is 58.7 Å². The monoisotopic (exact) mass is 443 g/mol. The molecule has 1 saturated heterocycles. The second-order valence-electron chi connectivity index (χ2n) is 6.05. The number of hydrogen-bond acceptors (Lipinski definition) is 4. The van der Waals surface area contributed by atoms with Gasteiger partial charge < -0.3 is 15.4 Å². The summed E-state index contributed by atoms with van der Waals surface area (Å²) in [5.74, 6) is -0.368. The zero-order valence-corrected chi connectivity index (χ0v) is 16.6. The van der Waals surface area contributed by atoms with Crippen molar-refractivity contribution in [1.29, 1.82) is 0 Å². The highest BCUT2D eigenvalue weighted by molar-refractivity contribution is 9.10. The standard InChI is InChI=1S/C19H14BrN3O3S/c1-26-12-5-3-11(4-6-12)23-18(25)16(22-19(23)27)9-14-13-8-10(20)2-7-15(13)21-17(14)24/h2-9,14H,1H3,(H,21,24)(H,22,27). The fraction of sp³-hybridized carbons (Fsp3) is 0.105. The molecule has 1 fully saturated rings. The molecule has 2 aliphatic rings. The minimum atomic E-state index is -0.567. The summed E-state index contributed by atoms with van der Waals surface area (Å²) in [7, 11) is 1.58. The maximum absolute atomic E-state index is 12.9. The van der Waals surface area contributed by atoms with E-state index in [9.17, 15) is 9.59 Å². The number of anilines is 2. The van der Waals surface area contributed by atoms with Gasteiger partial charge in [0.25, 0.3) is 5.91 Å². The zero-order valence-electron chi connectivity index (χ0n) is 14.2. The summed E-state index contributed by atoms with van der Waals surface area (Å²) in [4.78, 5) is 26.6. The van der Waals surface area contributed by atoms with Crippen molar-refractivity contribution in [2.24, 2.45) is 0 Å². The third kappa shape index (κ3) is 3.11. The summed E-state index contributed by atoms with van der Waals surface area (Å²) in [6.45, 7) is 0. The smallest absolute Gasteiger partial charge is 0.280 e. The largest absolute Gasteiger partial charge is 0.497 e. The lowest BCUT2D eigenvalue weighted by molar-refractivity contribution is -0.116. The molecule has 2 aliphatic heterocycles. The third-order valence-electron chi connectivity index (χ3n) is 4.43. The van der Waals surface area contributed by atoms with E-state index in [4.69, 9.17) is 17.0 Å². The number of carbonyl (C=O) groups is 2. The molecule has 136 valence electrons. The summed E-state index contributed by atoms with van der Waals surface area (Å²) in [6, 6.07) is 12.6. The molecule has 0 bridgehead atoms. The van der Waals surface area contributed by atoms with E-state index >= 15 is 0 Å². The second-order valence-corrected chi connectivity index (χ2v) is 7.35. The van der Waals surface area contributed by atoms with Crippen molar-refractivity contribution < 1.29 is 14.3 Å². The fourth-order valence-electron chi connectivity index (χ4n) is 3.10. The van der Waals surface area contributed by atoms with Gasteiger partial charge >= 0.3 is 0 Å². The zero-order chi connectivity index (χ0) is 19.1. The average Bonchev–Trinajstić information content (AvgIpc) is 3.11. The number of fused-ring (bicyclic) bond motifs is 1. The highest BCUT2D eigenvalue weighted by atomic mass is 79.9. The van der Waals surface area contributed by atoms with Gasteiger partial charge in [0.2, 0.25) is 5.91 Å². The first-order valence-corrected chi connectivity index (χ1v) is 9.29. The molecule has 2 aromatic rings. The molecule has 2 amide bonds. The van der Waals surface area contributed by atoms with E-state index in [1.165, 1.54) is 4.90 Å². The minimum absolute atomic E-state index is 0.181. The van der Waals surface area contributed by atoms with Crippen molar-refractivity contribution >= 4 is 56.4 Å². The number of thiocarbonyl (C=S) groups is 1. The van der Waals surface area contributed by atoms with E-state index in [-0.39, 0.29) is 22.6 Å². The molecular formula is C19H14BrN3O3S. The van der Waals surface area contributed by atoms with Crippen LogP contribution in [-0.2, 0) is 9.59 Å². The van der Waals surface area contributed by atoms with Gasteiger partial charge in [0.15, 0.2) is 5.11 Å². The molecule has 0 saturated carbocycles. The highest BCUT2D eigenvalue weighted by Gasteiger charge is 2.36. The van der Waals surface area contributed by atoms with Gasteiger partial charge in [-0.2, -0.15) is 0 Å². The molecule has 8 heteroatoms. The first-order valence-electron chi connectivity index (χ1n) is 8.09. The molecule has 2 aromatic carbocycles. The Morgan fingerprint density at radius 3 is 2.59 bits per heavy atom. The lowest BCUT2D eigenvalue weighted by Gasteiger charge is -2.14. The van der Waals surface area contributed by atoms with Gasteiger partial charge in [0.05, 0.1) is 18.7 Å². The highest BCUT2D eigenvalue weighted by Crippen LogP contribution is 2.36. The molecular weight excluding hydrogens is 430 g/mol. The number of ether oxygens (including phenoxy) is 1. The number of amides is 2. The number of nitrogens with one attached hydrogen (secondary N) is 2. The van der Waals surface area contributed by atoms with Gasteiger partial charge in [-0.15, -0.1) is 0 Å². The summed E-state index contributed by atoms with van der Waals surface area (Å²) in [6.07, 6.45) is 1.62. The van der Waals surface area contributed by atoms with Gasteiger partial charge in [-0.25, -0.2) is 0 Å². The number of nitrogens with zero attached hydrogens (tertiary/aromatic N) is 1. The van der Waals surface area contributed by atoms with Crippen LogP contribution >= 0.6 is 28.1 Å². The maximum Gasteiger partial charge on any atom is 0.280 e. The van der Waals surface area contributed by atoms with Crippen LogP contribution < -0.4 is 20.3 Å². The van der Waals surface area contributed by atoms with Gasteiger partial charge in [0, 0.05) is 10.2 Å². The topological polar surface area (TPSA) is 70.7 Å². The van der Waals surface area contributed by atoms with E-state index in [1.807, 2.05) is 18.2 Å². The molecule has 0 radical (unpaired) electrons. The van der Waals surface area contributed by atoms with E-state index in [0.29, 0.717) is 11.4 Å². The van der Waals surface area contributed by atoms with Crippen LogP contribution in [-0.4, -0.2) is 24.0 Å². The molecule has 0 aromatic heterocycles. The van der Waals surface area contributed by atoms with E-state index < -0.39 is 5.92 Å². The SMILES string of the molecule is COc1ccc(N2C(=O)C(=CC3C(=O)Nc4ccc(Br)cc43)NC2=S)cc1. The number of carbonyl (C=O) groups excluding carboxylic acids is 2. The quantitative estimate of drug-likeness (QED) is 0.562. The van der Waals surface area contributed by atoms with Crippen LogP contribution in [0.4, 0.5) is 11.4 Å². The van der Waals surface area contributed by atoms with Crippen molar-refractivity contribution in [1.82, 2.24) is 5.32 Å². The molecule has 0 aliphatic carbocycles. The van der Waals surface area contributed by atoms with Crippen LogP contribution in [0.25, 0.3) is 0 Å². The van der Waals surface area contributed by atoms with E-state index in [2.05, 4.69) is 26.6 Å². The summed E-state index contributed by atoms with van der Waals surface area (Å²) >= 11 is 8.74. The van der Waals surface area contributed by atoms with Crippen LogP contribution in [0, 0.1) is 0 Å². The maximum atomic E-state index is 12.9. The Kier molecular flexibility index (Phi) is 4.45. The number of rotatable bonds is 3. The normalized spacial score (nSPS) is 19.9. The van der Waals surface area contributed by atoms with Crippen LogP contribution in [0.2, 0.25) is 0 Å². The Labute approximate surface area is 169 Å². The Morgan fingerprint density at radius 2 is 1.89 bits per heavy atom. The first kappa shape index (κ1) is 17.7. The Hall–Kier alpha value is -2.71. The predicted octanol–water partition coefficient (Wildman–Crippen LogP) is 3.30. The first-order chi connectivity index (χ1) is 13.0. The lowest BCUT2D eigenvalue weighted by atomic mass is 9.99. The number of halogens is 1. The number of hydrogen-bond donors (Lipinski definition) is 2. The molecule has 4 rings (SSSR count). The molecule has 0 spiro atoms. The molecule has 2 heterocycles. The number of benzene rings is 2. The average molecular weight is 444 g/mol. The van der Waals surface area contributed by atoms with Crippen molar-refractivity contribution in [3.8, 4) is 5.75 Å². The Bertz CT molecular complexity index is 1000. The Morgan fingerprint density at radius 1 is 1.15 bits per heavy atom. The third-order valence-corrected chi connectivity index (χ3v) is 5.21. The van der Waals surface area contributed by atoms with Crippen molar-refractivity contribution in [2.75, 3.05) is 17.3 Å². The van der Waals surface area contributed by atoms with Crippen molar-refractivity contribution in [3.63, 3.8) is 0 Å².